The van der Waals surface area contributed by atoms with Gasteiger partial charge in [-0.15, -0.1) is 0 Å². The highest BCUT2D eigenvalue weighted by Gasteiger charge is 2.37. The lowest BCUT2D eigenvalue weighted by Crippen LogP contribution is -2.53. The molecule has 1 aromatic heterocycles. The van der Waals surface area contributed by atoms with Gasteiger partial charge in [-0.1, -0.05) is 30.3 Å². The second kappa shape index (κ2) is 9.50. The molecule has 0 unspecified atom stereocenters. The molecular weight excluding hydrogens is 454 g/mol. The van der Waals surface area contributed by atoms with Gasteiger partial charge in [-0.05, 0) is 24.6 Å². The molecule has 4 rings (SSSR count). The van der Waals surface area contributed by atoms with E-state index >= 15 is 0 Å². The maximum Gasteiger partial charge on any atom is 0.416 e. The van der Waals surface area contributed by atoms with Gasteiger partial charge in [0.2, 0.25) is 5.91 Å². The molecule has 0 bridgehead atoms. The molecule has 1 aliphatic heterocycles. The van der Waals surface area contributed by atoms with Crippen molar-refractivity contribution < 1.29 is 31.9 Å². The lowest BCUT2D eigenvalue weighted by Gasteiger charge is -2.34. The molecule has 3 aromatic rings. The average molecular weight is 473 g/mol. The standard InChI is InChI=1S/C24H19F4N3O3/c1-13(22-18(27)10-15(25)11-29-22)30-23(32)19(9-14-5-3-2-4-6-14)31-12-16-20(34-24(31)33)8-7-17(26)21(16)28/h2-8,10-11,13,19H,9,12H2,1H3,(H,30,32)/t13-,19+/m1/s1. The van der Waals surface area contributed by atoms with Gasteiger partial charge in [0.15, 0.2) is 11.6 Å². The number of carbonyl (C=O) groups is 2. The number of amides is 2. The van der Waals surface area contributed by atoms with Gasteiger partial charge in [-0.25, -0.2) is 22.4 Å². The van der Waals surface area contributed by atoms with E-state index in [4.69, 9.17) is 4.74 Å². The van der Waals surface area contributed by atoms with Gasteiger partial charge in [0.1, 0.15) is 23.4 Å². The maximum absolute atomic E-state index is 14.4. The van der Waals surface area contributed by atoms with E-state index in [0.29, 0.717) is 11.6 Å². The molecule has 0 fully saturated rings. The van der Waals surface area contributed by atoms with Crippen molar-refractivity contribution in [3.05, 3.63) is 94.8 Å². The molecule has 2 aromatic carbocycles. The fourth-order valence-electron chi connectivity index (χ4n) is 3.75. The van der Waals surface area contributed by atoms with Gasteiger partial charge in [0.25, 0.3) is 0 Å². The normalized spacial score (nSPS) is 14.7. The fourth-order valence-corrected chi connectivity index (χ4v) is 3.75. The van der Waals surface area contributed by atoms with Crippen LogP contribution in [0.15, 0.2) is 54.7 Å². The van der Waals surface area contributed by atoms with Crippen LogP contribution in [-0.2, 0) is 17.8 Å². The van der Waals surface area contributed by atoms with Gasteiger partial charge in [0, 0.05) is 12.5 Å². The van der Waals surface area contributed by atoms with Gasteiger partial charge < -0.3 is 10.1 Å². The highest BCUT2D eigenvalue weighted by Crippen LogP contribution is 2.31. The third kappa shape index (κ3) is 4.70. The Morgan fingerprint density at radius 2 is 1.85 bits per heavy atom. The van der Waals surface area contributed by atoms with Gasteiger partial charge in [-0.2, -0.15) is 0 Å². The predicted molar refractivity (Wildman–Crippen MR) is 113 cm³/mol. The quantitative estimate of drug-likeness (QED) is 0.538. The van der Waals surface area contributed by atoms with Crippen LogP contribution in [0.1, 0.15) is 29.8 Å². The summed E-state index contributed by atoms with van der Waals surface area (Å²) in [5.74, 6) is -4.96. The molecule has 2 atom stereocenters. The summed E-state index contributed by atoms with van der Waals surface area (Å²) < 4.78 is 60.7. The molecule has 176 valence electrons. The summed E-state index contributed by atoms with van der Waals surface area (Å²) in [6.07, 6.45) is -0.0906. The van der Waals surface area contributed by atoms with Crippen LogP contribution < -0.4 is 10.1 Å². The molecule has 1 N–H and O–H groups in total. The van der Waals surface area contributed by atoms with Crippen molar-refractivity contribution in [1.29, 1.82) is 0 Å². The minimum atomic E-state index is -1.21. The number of hydrogen-bond donors (Lipinski definition) is 1. The molecule has 1 aliphatic rings. The first-order chi connectivity index (χ1) is 16.2. The van der Waals surface area contributed by atoms with Crippen LogP contribution in [0.3, 0.4) is 0 Å². The minimum Gasteiger partial charge on any atom is -0.410 e. The van der Waals surface area contributed by atoms with Crippen molar-refractivity contribution in [1.82, 2.24) is 15.2 Å². The molecule has 2 amide bonds. The maximum atomic E-state index is 14.4. The number of rotatable bonds is 6. The summed E-state index contributed by atoms with van der Waals surface area (Å²) in [5, 5.41) is 2.56. The third-order valence-corrected chi connectivity index (χ3v) is 5.47. The van der Waals surface area contributed by atoms with E-state index in [2.05, 4.69) is 10.3 Å². The van der Waals surface area contributed by atoms with Crippen LogP contribution in [0, 0.1) is 23.3 Å². The zero-order valence-electron chi connectivity index (χ0n) is 17.9. The molecule has 0 saturated heterocycles. The number of carbonyl (C=O) groups excluding carboxylic acids is 2. The lowest BCUT2D eigenvalue weighted by atomic mass is 10.0. The van der Waals surface area contributed by atoms with Crippen molar-refractivity contribution in [3.8, 4) is 5.75 Å². The second-order valence-electron chi connectivity index (χ2n) is 7.79. The summed E-state index contributed by atoms with van der Waals surface area (Å²) in [5.41, 5.74) is 0.275. The Labute approximate surface area is 192 Å². The predicted octanol–water partition coefficient (Wildman–Crippen LogP) is 4.44. The molecule has 0 aliphatic carbocycles. The molecule has 34 heavy (non-hydrogen) atoms. The first-order valence-electron chi connectivity index (χ1n) is 10.3. The Bertz CT molecular complexity index is 1240. The third-order valence-electron chi connectivity index (χ3n) is 5.47. The number of nitrogens with one attached hydrogen (secondary N) is 1. The number of hydrogen-bond acceptors (Lipinski definition) is 4. The van der Waals surface area contributed by atoms with Gasteiger partial charge >= 0.3 is 6.09 Å². The number of fused-ring (bicyclic) bond motifs is 1. The van der Waals surface area contributed by atoms with Crippen molar-refractivity contribution in [2.45, 2.75) is 32.0 Å². The fraction of sp³-hybridized carbons (Fsp3) is 0.208. The molecule has 0 spiro atoms. The summed E-state index contributed by atoms with van der Waals surface area (Å²) in [6, 6.07) is 9.15. The Kier molecular flexibility index (Phi) is 6.49. The zero-order valence-corrected chi connectivity index (χ0v) is 17.9. The monoisotopic (exact) mass is 473 g/mol. The van der Waals surface area contributed by atoms with E-state index in [1.54, 1.807) is 30.3 Å². The Morgan fingerprint density at radius 1 is 1.12 bits per heavy atom. The first kappa shape index (κ1) is 23.2. The van der Waals surface area contributed by atoms with Crippen molar-refractivity contribution in [2.75, 3.05) is 0 Å². The van der Waals surface area contributed by atoms with Crippen LogP contribution in [0.5, 0.6) is 5.75 Å². The van der Waals surface area contributed by atoms with Crippen molar-refractivity contribution >= 4 is 12.0 Å². The van der Waals surface area contributed by atoms with Crippen LogP contribution >= 0.6 is 0 Å². The van der Waals surface area contributed by atoms with Crippen LogP contribution in [0.4, 0.5) is 22.4 Å². The summed E-state index contributed by atoms with van der Waals surface area (Å²) >= 11 is 0. The molecule has 2 heterocycles. The van der Waals surface area contributed by atoms with Crippen LogP contribution in [0.2, 0.25) is 0 Å². The second-order valence-corrected chi connectivity index (χ2v) is 7.79. The van der Waals surface area contributed by atoms with E-state index in [1.807, 2.05) is 0 Å². The SMILES string of the molecule is C[C@@H](NC(=O)[C@H](Cc1ccccc1)N1Cc2c(ccc(F)c2F)OC1=O)c1ncc(F)cc1F. The summed E-state index contributed by atoms with van der Waals surface area (Å²) in [6.45, 7) is 1.03. The number of benzene rings is 2. The number of ether oxygens (including phenoxy) is 1. The van der Waals surface area contributed by atoms with E-state index in [-0.39, 0.29) is 23.4 Å². The molecule has 0 saturated carbocycles. The van der Waals surface area contributed by atoms with E-state index in [0.717, 1.165) is 23.2 Å². The highest BCUT2D eigenvalue weighted by molar-refractivity contribution is 5.87. The Balaban J connectivity index is 1.64. The number of nitrogens with zero attached hydrogens (tertiary/aromatic N) is 2. The number of halogens is 4. The first-order valence-corrected chi connectivity index (χ1v) is 10.3. The molecular formula is C24H19F4N3O3. The molecule has 6 nitrogen and oxygen atoms in total. The van der Waals surface area contributed by atoms with Crippen molar-refractivity contribution in [3.63, 3.8) is 0 Å². The van der Waals surface area contributed by atoms with E-state index < -0.39 is 53.9 Å². The largest absolute Gasteiger partial charge is 0.416 e. The average Bonchev–Trinajstić information content (AvgIpc) is 2.80. The summed E-state index contributed by atoms with van der Waals surface area (Å²) in [4.78, 5) is 30.7. The minimum absolute atomic E-state index is 0.0140. The van der Waals surface area contributed by atoms with Crippen LogP contribution in [0.25, 0.3) is 0 Å². The Morgan fingerprint density at radius 3 is 2.56 bits per heavy atom. The summed E-state index contributed by atoms with van der Waals surface area (Å²) in [7, 11) is 0. The topological polar surface area (TPSA) is 71.5 Å². The van der Waals surface area contributed by atoms with E-state index in [1.165, 1.54) is 6.92 Å². The van der Waals surface area contributed by atoms with Crippen molar-refractivity contribution in [2.24, 2.45) is 0 Å². The highest BCUT2D eigenvalue weighted by atomic mass is 19.2. The Hall–Kier alpha value is -3.95. The number of pyridine rings is 1. The molecule has 10 heteroatoms. The smallest absolute Gasteiger partial charge is 0.410 e. The molecule has 0 radical (unpaired) electrons. The van der Waals surface area contributed by atoms with Gasteiger partial charge in [0.05, 0.1) is 30.0 Å². The van der Waals surface area contributed by atoms with E-state index in [9.17, 15) is 27.2 Å². The number of aromatic nitrogens is 1. The zero-order chi connectivity index (χ0) is 24.4. The lowest BCUT2D eigenvalue weighted by molar-refractivity contribution is -0.126. The van der Waals surface area contributed by atoms with Gasteiger partial charge in [-0.3, -0.25) is 14.7 Å². The van der Waals surface area contributed by atoms with Crippen LogP contribution in [-0.4, -0.2) is 27.9 Å².